The van der Waals surface area contributed by atoms with Gasteiger partial charge in [-0.15, -0.1) is 0 Å². The van der Waals surface area contributed by atoms with Gasteiger partial charge in [0.2, 0.25) is 5.95 Å². The van der Waals surface area contributed by atoms with E-state index < -0.39 is 17.3 Å². The lowest BCUT2D eigenvalue weighted by molar-refractivity contribution is -0.129. The maximum Gasteiger partial charge on any atom is 0.351 e. The molecule has 3 aromatic rings. The van der Waals surface area contributed by atoms with Gasteiger partial charge < -0.3 is 20.6 Å². The van der Waals surface area contributed by atoms with E-state index in [0.717, 1.165) is 31.5 Å². The van der Waals surface area contributed by atoms with Crippen LogP contribution in [0.4, 0.5) is 17.5 Å². The molecule has 1 amide bonds. The molecule has 2 bridgehead atoms. The molecule has 0 spiro atoms. The fourth-order valence-corrected chi connectivity index (χ4v) is 5.68. The molecular formula is C29H28N8O3. The molecule has 6 rings (SSSR count). The van der Waals surface area contributed by atoms with E-state index in [0.29, 0.717) is 28.3 Å². The fraction of sp³-hybridized carbons (Fsp3) is 0.345. The lowest BCUT2D eigenvalue weighted by Crippen LogP contribution is -2.54. The number of rotatable bonds is 6. The molecule has 202 valence electrons. The van der Waals surface area contributed by atoms with Gasteiger partial charge in [0.15, 0.2) is 0 Å². The number of benzene rings is 1. The number of carboxylic acid groups (broad SMARTS) is 1. The minimum Gasteiger partial charge on any atom is -0.477 e. The SMILES string of the molecule is CC(C)(C#N)c1ccc(C2C(C(=O)O)=Nc3cnc(Nc4ccc(C(=O)N5C6CCC5CNC6)cn4)nc32)cc1. The van der Waals surface area contributed by atoms with Crippen LogP contribution in [0.5, 0.6) is 0 Å². The number of nitriles is 1. The molecule has 11 nitrogen and oxygen atoms in total. The number of fused-ring (bicyclic) bond motifs is 3. The number of nitrogens with one attached hydrogen (secondary N) is 2. The molecule has 3 atom stereocenters. The normalized spacial score (nSPS) is 21.4. The van der Waals surface area contributed by atoms with E-state index in [1.165, 1.54) is 6.20 Å². The Hall–Kier alpha value is -4.69. The Morgan fingerprint density at radius 3 is 2.42 bits per heavy atom. The molecule has 3 N–H and O–H groups in total. The van der Waals surface area contributed by atoms with Crippen molar-refractivity contribution in [2.45, 2.75) is 50.1 Å². The van der Waals surface area contributed by atoms with Crippen LogP contribution in [0.25, 0.3) is 0 Å². The number of hydrogen-bond donors (Lipinski definition) is 3. The van der Waals surface area contributed by atoms with Crippen LogP contribution in [0, 0.1) is 11.3 Å². The van der Waals surface area contributed by atoms with E-state index in [2.05, 4.69) is 36.6 Å². The number of carboxylic acids is 1. The zero-order chi connectivity index (χ0) is 28.0. The second kappa shape index (κ2) is 9.81. The van der Waals surface area contributed by atoms with Crippen LogP contribution < -0.4 is 10.6 Å². The van der Waals surface area contributed by atoms with Gasteiger partial charge >= 0.3 is 5.97 Å². The molecule has 3 aliphatic heterocycles. The Kier molecular flexibility index (Phi) is 6.27. The lowest BCUT2D eigenvalue weighted by atomic mass is 9.84. The average molecular weight is 537 g/mol. The zero-order valence-electron chi connectivity index (χ0n) is 22.1. The summed E-state index contributed by atoms with van der Waals surface area (Å²) in [5, 5.41) is 25.8. The molecule has 2 fully saturated rings. The lowest BCUT2D eigenvalue weighted by Gasteiger charge is -2.35. The minimum absolute atomic E-state index is 0.00722. The quantitative estimate of drug-likeness (QED) is 0.430. The second-order valence-corrected chi connectivity index (χ2v) is 10.9. The third-order valence-electron chi connectivity index (χ3n) is 7.91. The standard InChI is InChI=1S/C29H28N8O3/c1-29(2,15-30)18-6-3-16(4-7-18)23-24-21(34-25(23)27(39)40)14-33-28(36-24)35-22-10-5-17(11-32-22)26(38)37-19-8-9-20(37)13-31-12-19/h3-7,10-11,14,19-20,23,31H,8-9,12-13H2,1-2H3,(H,39,40)(H,32,33,35,36). The Morgan fingerprint density at radius 1 is 1.07 bits per heavy atom. The van der Waals surface area contributed by atoms with Crippen molar-refractivity contribution in [1.29, 1.82) is 5.26 Å². The van der Waals surface area contributed by atoms with E-state index in [9.17, 15) is 20.0 Å². The predicted molar refractivity (Wildman–Crippen MR) is 147 cm³/mol. The molecule has 3 aliphatic rings. The summed E-state index contributed by atoms with van der Waals surface area (Å²) < 4.78 is 0. The summed E-state index contributed by atoms with van der Waals surface area (Å²) in [6.07, 6.45) is 5.07. The molecule has 0 saturated carbocycles. The van der Waals surface area contributed by atoms with Gasteiger partial charge in [0.1, 0.15) is 17.2 Å². The van der Waals surface area contributed by atoms with E-state index in [1.807, 2.05) is 43.0 Å². The summed E-state index contributed by atoms with van der Waals surface area (Å²) in [4.78, 5) is 44.8. The molecule has 2 saturated heterocycles. The minimum atomic E-state index is -1.14. The fourth-order valence-electron chi connectivity index (χ4n) is 5.68. The van der Waals surface area contributed by atoms with Crippen molar-refractivity contribution < 1.29 is 14.7 Å². The zero-order valence-corrected chi connectivity index (χ0v) is 22.1. The van der Waals surface area contributed by atoms with E-state index in [-0.39, 0.29) is 29.7 Å². The van der Waals surface area contributed by atoms with Crippen LogP contribution in [0.15, 0.2) is 53.8 Å². The summed E-state index contributed by atoms with van der Waals surface area (Å²) in [6.45, 7) is 5.30. The molecule has 1 aromatic carbocycles. The topological polar surface area (TPSA) is 156 Å². The first kappa shape index (κ1) is 25.6. The summed E-state index contributed by atoms with van der Waals surface area (Å²) >= 11 is 0. The summed E-state index contributed by atoms with van der Waals surface area (Å²) in [7, 11) is 0. The molecule has 40 heavy (non-hydrogen) atoms. The smallest absolute Gasteiger partial charge is 0.351 e. The molecule has 0 radical (unpaired) electrons. The number of amides is 1. The van der Waals surface area contributed by atoms with Crippen LogP contribution in [-0.2, 0) is 10.2 Å². The Morgan fingerprint density at radius 2 is 1.80 bits per heavy atom. The van der Waals surface area contributed by atoms with Crippen LogP contribution >= 0.6 is 0 Å². The van der Waals surface area contributed by atoms with Crippen molar-refractivity contribution >= 4 is 35.0 Å². The molecule has 0 aliphatic carbocycles. The highest BCUT2D eigenvalue weighted by molar-refractivity contribution is 6.40. The number of carbonyl (C=O) groups is 2. The van der Waals surface area contributed by atoms with Gasteiger partial charge in [-0.3, -0.25) is 4.79 Å². The maximum absolute atomic E-state index is 13.1. The van der Waals surface area contributed by atoms with Crippen molar-refractivity contribution in [3.8, 4) is 6.07 Å². The number of aliphatic imine (C=N–C) groups is 1. The number of piperazine rings is 1. The Bertz CT molecular complexity index is 1540. The van der Waals surface area contributed by atoms with Crippen LogP contribution in [0.2, 0.25) is 0 Å². The first-order valence-corrected chi connectivity index (χ1v) is 13.2. The Balaban J connectivity index is 1.23. The van der Waals surface area contributed by atoms with E-state index in [4.69, 9.17) is 0 Å². The van der Waals surface area contributed by atoms with Crippen LogP contribution in [0.3, 0.4) is 0 Å². The predicted octanol–water partition coefficient (Wildman–Crippen LogP) is 3.30. The number of nitrogens with zero attached hydrogens (tertiary/aromatic N) is 6. The van der Waals surface area contributed by atoms with Crippen molar-refractivity contribution in [2.75, 3.05) is 18.4 Å². The van der Waals surface area contributed by atoms with Gasteiger partial charge in [-0.05, 0) is 49.9 Å². The van der Waals surface area contributed by atoms with Gasteiger partial charge in [-0.2, -0.15) is 5.26 Å². The van der Waals surface area contributed by atoms with Gasteiger partial charge in [0.05, 0.1) is 34.9 Å². The van der Waals surface area contributed by atoms with E-state index in [1.54, 1.807) is 18.3 Å². The molecule has 11 heteroatoms. The largest absolute Gasteiger partial charge is 0.477 e. The molecule has 2 aromatic heterocycles. The highest BCUT2D eigenvalue weighted by Gasteiger charge is 2.40. The highest BCUT2D eigenvalue weighted by Crippen LogP contribution is 2.39. The van der Waals surface area contributed by atoms with Crippen LogP contribution in [-0.4, -0.2) is 67.7 Å². The van der Waals surface area contributed by atoms with Gasteiger partial charge in [0.25, 0.3) is 5.91 Å². The van der Waals surface area contributed by atoms with Crippen molar-refractivity contribution in [3.63, 3.8) is 0 Å². The Labute approximate surface area is 231 Å². The summed E-state index contributed by atoms with van der Waals surface area (Å²) in [5.41, 5.74) is 2.18. The molecule has 3 unspecified atom stereocenters. The summed E-state index contributed by atoms with van der Waals surface area (Å²) in [6, 6.07) is 13.5. The third kappa shape index (κ3) is 4.46. The van der Waals surface area contributed by atoms with Crippen molar-refractivity contribution in [1.82, 2.24) is 25.2 Å². The number of hydrogen-bond acceptors (Lipinski definition) is 9. The number of anilines is 2. The number of aromatic nitrogens is 3. The van der Waals surface area contributed by atoms with E-state index >= 15 is 0 Å². The number of pyridine rings is 1. The van der Waals surface area contributed by atoms with Gasteiger partial charge in [-0.1, -0.05) is 24.3 Å². The maximum atomic E-state index is 13.1. The van der Waals surface area contributed by atoms with Crippen molar-refractivity contribution in [3.05, 3.63) is 71.2 Å². The molecular weight excluding hydrogens is 508 g/mol. The number of aliphatic carboxylic acids is 1. The average Bonchev–Trinajstić information content (AvgIpc) is 3.46. The summed E-state index contributed by atoms with van der Waals surface area (Å²) in [5.74, 6) is -1.15. The first-order chi connectivity index (χ1) is 19.2. The van der Waals surface area contributed by atoms with Gasteiger partial charge in [0, 0.05) is 31.4 Å². The monoisotopic (exact) mass is 536 g/mol. The van der Waals surface area contributed by atoms with Crippen LogP contribution in [0.1, 0.15) is 59.8 Å². The third-order valence-corrected chi connectivity index (χ3v) is 7.91. The highest BCUT2D eigenvalue weighted by atomic mass is 16.4. The molecule has 5 heterocycles. The van der Waals surface area contributed by atoms with Gasteiger partial charge in [-0.25, -0.2) is 24.7 Å². The first-order valence-electron chi connectivity index (χ1n) is 13.2. The number of carbonyl (C=O) groups excluding carboxylic acids is 1. The van der Waals surface area contributed by atoms with Crippen molar-refractivity contribution in [2.24, 2.45) is 4.99 Å². The second-order valence-electron chi connectivity index (χ2n) is 10.9.